The first-order chi connectivity index (χ1) is 6.24. The van der Waals surface area contributed by atoms with Gasteiger partial charge < -0.3 is 11.1 Å². The summed E-state index contributed by atoms with van der Waals surface area (Å²) in [5, 5.41) is 3.44. The highest BCUT2D eigenvalue weighted by molar-refractivity contribution is 5.46. The Bertz CT molecular complexity index is 288. The minimum atomic E-state index is 0.336. The zero-order chi connectivity index (χ0) is 9.31. The van der Waals surface area contributed by atoms with Gasteiger partial charge in [0.05, 0.1) is 11.9 Å². The van der Waals surface area contributed by atoms with E-state index in [4.69, 9.17) is 5.73 Å². The van der Waals surface area contributed by atoms with Gasteiger partial charge in [-0.25, -0.2) is 4.98 Å². The van der Waals surface area contributed by atoms with E-state index in [1.807, 2.05) is 12.1 Å². The van der Waals surface area contributed by atoms with Gasteiger partial charge in [-0.2, -0.15) is 0 Å². The Morgan fingerprint density at radius 1 is 1.54 bits per heavy atom. The highest BCUT2D eigenvalue weighted by atomic mass is 15.1. The van der Waals surface area contributed by atoms with Crippen LogP contribution in [0, 0.1) is 0 Å². The molecule has 0 bridgehead atoms. The predicted molar refractivity (Wildman–Crippen MR) is 54.5 cm³/mol. The Morgan fingerprint density at radius 2 is 2.31 bits per heavy atom. The van der Waals surface area contributed by atoms with E-state index in [0.717, 1.165) is 5.82 Å². The molecule has 0 aliphatic heterocycles. The Balaban J connectivity index is 2.06. The first-order valence-electron chi connectivity index (χ1n) is 4.74. The smallest absolute Gasteiger partial charge is 0.126 e. The maximum absolute atomic E-state index is 5.55. The van der Waals surface area contributed by atoms with Gasteiger partial charge in [0, 0.05) is 5.54 Å². The standard InChI is InChI=1S/C10H15N3/c1-2-10(5-6-10)13-9-4-3-8(11)7-12-9/h3-4,7H,2,5-6,11H2,1H3,(H,12,13). The maximum Gasteiger partial charge on any atom is 0.126 e. The molecule has 0 spiro atoms. The van der Waals surface area contributed by atoms with Gasteiger partial charge in [-0.3, -0.25) is 0 Å². The van der Waals surface area contributed by atoms with Crippen molar-refractivity contribution in [3.63, 3.8) is 0 Å². The molecule has 3 N–H and O–H groups in total. The van der Waals surface area contributed by atoms with E-state index >= 15 is 0 Å². The molecule has 0 aromatic carbocycles. The SMILES string of the molecule is CCC1(Nc2ccc(N)cn2)CC1. The average molecular weight is 177 g/mol. The summed E-state index contributed by atoms with van der Waals surface area (Å²) in [5.41, 5.74) is 6.60. The second-order valence-corrected chi connectivity index (χ2v) is 3.74. The van der Waals surface area contributed by atoms with Crippen molar-refractivity contribution in [1.29, 1.82) is 0 Å². The van der Waals surface area contributed by atoms with Gasteiger partial charge in [0.2, 0.25) is 0 Å². The van der Waals surface area contributed by atoms with Crippen LogP contribution in [-0.2, 0) is 0 Å². The van der Waals surface area contributed by atoms with Crippen molar-refractivity contribution in [2.75, 3.05) is 11.1 Å². The van der Waals surface area contributed by atoms with Crippen LogP contribution in [-0.4, -0.2) is 10.5 Å². The fourth-order valence-corrected chi connectivity index (χ4v) is 1.47. The van der Waals surface area contributed by atoms with Crippen LogP contribution in [0.25, 0.3) is 0 Å². The molecule has 3 heteroatoms. The molecule has 3 nitrogen and oxygen atoms in total. The van der Waals surface area contributed by atoms with Crippen LogP contribution >= 0.6 is 0 Å². The van der Waals surface area contributed by atoms with E-state index in [-0.39, 0.29) is 0 Å². The summed E-state index contributed by atoms with van der Waals surface area (Å²) in [5.74, 6) is 0.938. The number of rotatable bonds is 3. The molecule has 0 saturated heterocycles. The first kappa shape index (κ1) is 8.35. The number of anilines is 2. The highest BCUT2D eigenvalue weighted by Crippen LogP contribution is 2.41. The third kappa shape index (κ3) is 1.74. The summed E-state index contributed by atoms with van der Waals surface area (Å²) in [4.78, 5) is 4.22. The van der Waals surface area contributed by atoms with E-state index in [2.05, 4.69) is 17.2 Å². The number of nitrogen functional groups attached to an aromatic ring is 1. The third-order valence-electron chi connectivity index (χ3n) is 2.71. The average Bonchev–Trinajstić information content (AvgIpc) is 2.90. The van der Waals surface area contributed by atoms with Crippen LogP contribution in [0.5, 0.6) is 0 Å². The van der Waals surface area contributed by atoms with Gasteiger partial charge in [-0.15, -0.1) is 0 Å². The third-order valence-corrected chi connectivity index (χ3v) is 2.71. The van der Waals surface area contributed by atoms with Crippen LogP contribution < -0.4 is 11.1 Å². The molecule has 1 aromatic heterocycles. The molecule has 13 heavy (non-hydrogen) atoms. The summed E-state index contributed by atoms with van der Waals surface area (Å²) >= 11 is 0. The van der Waals surface area contributed by atoms with E-state index in [1.165, 1.54) is 19.3 Å². The van der Waals surface area contributed by atoms with Crippen LogP contribution in [0.3, 0.4) is 0 Å². The lowest BCUT2D eigenvalue weighted by molar-refractivity contribution is 0.698. The molecule has 1 aromatic rings. The largest absolute Gasteiger partial charge is 0.397 e. The lowest BCUT2D eigenvalue weighted by Gasteiger charge is -2.15. The molecule has 1 heterocycles. The normalized spacial score (nSPS) is 18.2. The Hall–Kier alpha value is -1.25. The second kappa shape index (κ2) is 2.91. The van der Waals surface area contributed by atoms with Crippen LogP contribution in [0.15, 0.2) is 18.3 Å². The van der Waals surface area contributed by atoms with Gasteiger partial charge >= 0.3 is 0 Å². The van der Waals surface area contributed by atoms with Crippen molar-refractivity contribution in [1.82, 2.24) is 4.98 Å². The van der Waals surface area contributed by atoms with E-state index in [0.29, 0.717) is 11.2 Å². The molecule has 0 radical (unpaired) electrons. The van der Waals surface area contributed by atoms with E-state index in [1.54, 1.807) is 6.20 Å². The summed E-state index contributed by atoms with van der Waals surface area (Å²) in [6, 6.07) is 3.81. The highest BCUT2D eigenvalue weighted by Gasteiger charge is 2.40. The van der Waals surface area contributed by atoms with Crippen molar-refractivity contribution >= 4 is 11.5 Å². The van der Waals surface area contributed by atoms with Gasteiger partial charge in [-0.05, 0) is 31.4 Å². The molecular weight excluding hydrogens is 162 g/mol. The second-order valence-electron chi connectivity index (χ2n) is 3.74. The molecule has 0 amide bonds. The first-order valence-corrected chi connectivity index (χ1v) is 4.74. The van der Waals surface area contributed by atoms with Crippen LogP contribution in [0.4, 0.5) is 11.5 Å². The number of hydrogen-bond acceptors (Lipinski definition) is 3. The van der Waals surface area contributed by atoms with E-state index < -0.39 is 0 Å². The summed E-state index contributed by atoms with van der Waals surface area (Å²) in [7, 11) is 0. The van der Waals surface area contributed by atoms with Crippen LogP contribution in [0.1, 0.15) is 26.2 Å². The molecule has 1 saturated carbocycles. The Labute approximate surface area is 78.4 Å². The lowest BCUT2D eigenvalue weighted by Crippen LogP contribution is -2.20. The van der Waals surface area contributed by atoms with Gasteiger partial charge in [0.15, 0.2) is 0 Å². The molecule has 1 aliphatic carbocycles. The topological polar surface area (TPSA) is 50.9 Å². The summed E-state index contributed by atoms with van der Waals surface area (Å²) in [6.07, 6.45) is 5.37. The number of hydrogen-bond donors (Lipinski definition) is 2. The zero-order valence-corrected chi connectivity index (χ0v) is 7.88. The fourth-order valence-electron chi connectivity index (χ4n) is 1.47. The number of pyridine rings is 1. The Kier molecular flexibility index (Phi) is 1.87. The lowest BCUT2D eigenvalue weighted by atomic mass is 10.2. The van der Waals surface area contributed by atoms with Gasteiger partial charge in [0.25, 0.3) is 0 Å². The molecule has 0 atom stereocenters. The summed E-state index contributed by atoms with van der Waals surface area (Å²) < 4.78 is 0. The number of aromatic nitrogens is 1. The predicted octanol–water partition coefficient (Wildman–Crippen LogP) is 2.02. The Morgan fingerprint density at radius 3 is 2.77 bits per heavy atom. The van der Waals surface area contributed by atoms with Crippen molar-refractivity contribution in [3.8, 4) is 0 Å². The maximum atomic E-state index is 5.55. The monoisotopic (exact) mass is 177 g/mol. The fraction of sp³-hybridized carbons (Fsp3) is 0.500. The van der Waals surface area contributed by atoms with Gasteiger partial charge in [-0.1, -0.05) is 6.92 Å². The molecule has 0 unspecified atom stereocenters. The molecule has 1 aliphatic rings. The molecule has 1 fully saturated rings. The summed E-state index contributed by atoms with van der Waals surface area (Å²) in [6.45, 7) is 2.21. The number of nitrogens with zero attached hydrogens (tertiary/aromatic N) is 1. The number of nitrogens with two attached hydrogens (primary N) is 1. The quantitative estimate of drug-likeness (QED) is 0.742. The molecule has 70 valence electrons. The van der Waals surface area contributed by atoms with Gasteiger partial charge in [0.1, 0.15) is 5.82 Å². The van der Waals surface area contributed by atoms with Crippen LogP contribution in [0.2, 0.25) is 0 Å². The van der Waals surface area contributed by atoms with E-state index in [9.17, 15) is 0 Å². The molecular formula is C10H15N3. The van der Waals surface area contributed by atoms with Crippen molar-refractivity contribution in [2.24, 2.45) is 0 Å². The number of nitrogens with one attached hydrogen (secondary N) is 1. The van der Waals surface area contributed by atoms with Crippen molar-refractivity contribution in [3.05, 3.63) is 18.3 Å². The van der Waals surface area contributed by atoms with Crippen molar-refractivity contribution < 1.29 is 0 Å². The minimum Gasteiger partial charge on any atom is -0.397 e. The minimum absolute atomic E-state index is 0.336. The molecule has 2 rings (SSSR count). The zero-order valence-electron chi connectivity index (χ0n) is 7.88. The van der Waals surface area contributed by atoms with Crippen molar-refractivity contribution in [2.45, 2.75) is 31.7 Å².